The van der Waals surface area contributed by atoms with Crippen LogP contribution in [0, 0.1) is 0 Å². The molecule has 86 valence electrons. The summed E-state index contributed by atoms with van der Waals surface area (Å²) in [6.07, 6.45) is 1.91. The number of carbonyl (C=O) groups is 1. The molecule has 0 bridgehead atoms. The van der Waals surface area contributed by atoms with Crippen LogP contribution in [0.25, 0.3) is 0 Å². The molecule has 0 radical (unpaired) electrons. The average molecular weight is 232 g/mol. The number of amides is 1. The Morgan fingerprint density at radius 2 is 1.93 bits per heavy atom. The Labute approximate surface area is 89.7 Å². The molecule has 2 saturated heterocycles. The fourth-order valence-corrected chi connectivity index (χ4v) is 3.25. The van der Waals surface area contributed by atoms with E-state index in [4.69, 9.17) is 0 Å². The molecular formula is C9H16N2O3S. The van der Waals surface area contributed by atoms with E-state index in [0.717, 1.165) is 19.4 Å². The third kappa shape index (κ3) is 2.49. The smallest absolute Gasteiger partial charge is 0.239 e. The Morgan fingerprint density at radius 1 is 1.27 bits per heavy atom. The van der Waals surface area contributed by atoms with Crippen molar-refractivity contribution in [3.05, 3.63) is 0 Å². The van der Waals surface area contributed by atoms with Gasteiger partial charge in [-0.05, 0) is 19.4 Å². The lowest BCUT2D eigenvalue weighted by Crippen LogP contribution is -2.50. The first-order valence-corrected chi connectivity index (χ1v) is 7.13. The van der Waals surface area contributed by atoms with E-state index in [-0.39, 0.29) is 23.5 Å². The molecular weight excluding hydrogens is 216 g/mol. The van der Waals surface area contributed by atoms with Crippen molar-refractivity contribution in [3.63, 3.8) is 0 Å². The van der Waals surface area contributed by atoms with Gasteiger partial charge in [-0.3, -0.25) is 4.79 Å². The molecule has 0 saturated carbocycles. The quantitative estimate of drug-likeness (QED) is 0.629. The van der Waals surface area contributed by atoms with Crippen molar-refractivity contribution < 1.29 is 13.2 Å². The minimum Gasteiger partial charge on any atom is -0.339 e. The topological polar surface area (TPSA) is 66.5 Å². The van der Waals surface area contributed by atoms with Crippen molar-refractivity contribution in [2.45, 2.75) is 18.9 Å². The highest BCUT2D eigenvalue weighted by atomic mass is 32.2. The second-order valence-corrected chi connectivity index (χ2v) is 6.43. The predicted molar refractivity (Wildman–Crippen MR) is 56.3 cm³/mol. The van der Waals surface area contributed by atoms with Crippen molar-refractivity contribution in [1.29, 1.82) is 0 Å². The highest BCUT2D eigenvalue weighted by molar-refractivity contribution is 7.91. The number of hydrogen-bond donors (Lipinski definition) is 1. The van der Waals surface area contributed by atoms with E-state index >= 15 is 0 Å². The molecule has 0 aromatic rings. The largest absolute Gasteiger partial charge is 0.339 e. The molecule has 1 unspecified atom stereocenters. The van der Waals surface area contributed by atoms with Gasteiger partial charge >= 0.3 is 0 Å². The van der Waals surface area contributed by atoms with Crippen molar-refractivity contribution in [2.75, 3.05) is 31.1 Å². The molecule has 1 amide bonds. The first-order valence-electron chi connectivity index (χ1n) is 5.31. The lowest BCUT2D eigenvalue weighted by Gasteiger charge is -2.29. The molecule has 6 heteroatoms. The Balaban J connectivity index is 1.92. The van der Waals surface area contributed by atoms with E-state index in [0.29, 0.717) is 13.1 Å². The number of rotatable bonds is 1. The predicted octanol–water partition coefficient (Wildman–Crippen LogP) is -1.00. The molecule has 0 aliphatic carbocycles. The van der Waals surface area contributed by atoms with E-state index in [1.165, 1.54) is 0 Å². The molecule has 1 N–H and O–H groups in total. The molecule has 2 aliphatic rings. The maximum atomic E-state index is 11.9. The summed E-state index contributed by atoms with van der Waals surface area (Å²) in [4.78, 5) is 13.6. The van der Waals surface area contributed by atoms with Crippen molar-refractivity contribution in [1.82, 2.24) is 10.2 Å². The molecule has 2 heterocycles. The molecule has 2 rings (SSSR count). The van der Waals surface area contributed by atoms with Crippen LogP contribution in [0.3, 0.4) is 0 Å². The van der Waals surface area contributed by atoms with Gasteiger partial charge in [0.15, 0.2) is 9.84 Å². The number of nitrogens with one attached hydrogen (secondary N) is 1. The average Bonchev–Trinajstić information content (AvgIpc) is 2.69. The van der Waals surface area contributed by atoms with Gasteiger partial charge in [-0.25, -0.2) is 8.42 Å². The van der Waals surface area contributed by atoms with E-state index in [9.17, 15) is 13.2 Å². The van der Waals surface area contributed by atoms with Crippen LogP contribution in [0.5, 0.6) is 0 Å². The minimum absolute atomic E-state index is 0.0717. The van der Waals surface area contributed by atoms with Gasteiger partial charge in [0.1, 0.15) is 0 Å². The van der Waals surface area contributed by atoms with Crippen LogP contribution in [0.15, 0.2) is 0 Å². The number of nitrogens with zero attached hydrogens (tertiary/aromatic N) is 1. The standard InChI is InChI=1S/C9H16N2O3S/c12-9(8-2-1-3-10-8)11-4-6-15(13,14)7-5-11/h8,10H,1-7H2. The summed E-state index contributed by atoms with van der Waals surface area (Å²) in [6, 6.07) is -0.0780. The maximum absolute atomic E-state index is 11.9. The molecule has 1 atom stereocenters. The van der Waals surface area contributed by atoms with Crippen LogP contribution in [0.4, 0.5) is 0 Å². The van der Waals surface area contributed by atoms with Gasteiger partial charge in [0.25, 0.3) is 0 Å². The zero-order valence-electron chi connectivity index (χ0n) is 8.61. The molecule has 2 fully saturated rings. The number of hydrogen-bond acceptors (Lipinski definition) is 4. The van der Waals surface area contributed by atoms with Gasteiger partial charge in [0.05, 0.1) is 17.5 Å². The molecule has 0 aromatic heterocycles. The zero-order chi connectivity index (χ0) is 10.9. The van der Waals surface area contributed by atoms with E-state index in [1.54, 1.807) is 4.90 Å². The SMILES string of the molecule is O=C(C1CCCN1)N1CCS(=O)(=O)CC1. The van der Waals surface area contributed by atoms with Gasteiger partial charge in [-0.2, -0.15) is 0 Å². The van der Waals surface area contributed by atoms with Crippen LogP contribution >= 0.6 is 0 Å². The number of sulfone groups is 1. The van der Waals surface area contributed by atoms with E-state index < -0.39 is 9.84 Å². The van der Waals surface area contributed by atoms with Crippen LogP contribution in [0.2, 0.25) is 0 Å². The maximum Gasteiger partial charge on any atom is 0.239 e. The molecule has 0 spiro atoms. The van der Waals surface area contributed by atoms with Crippen LogP contribution in [0.1, 0.15) is 12.8 Å². The summed E-state index contributed by atoms with van der Waals surface area (Å²) in [7, 11) is -2.89. The van der Waals surface area contributed by atoms with Gasteiger partial charge in [0.2, 0.25) is 5.91 Å². The molecule has 5 nitrogen and oxygen atoms in total. The first-order chi connectivity index (χ1) is 7.08. The fraction of sp³-hybridized carbons (Fsp3) is 0.889. The van der Waals surface area contributed by atoms with Crippen LogP contribution < -0.4 is 5.32 Å². The van der Waals surface area contributed by atoms with Crippen molar-refractivity contribution in [2.24, 2.45) is 0 Å². The Bertz CT molecular complexity index is 332. The normalized spacial score (nSPS) is 30.4. The Morgan fingerprint density at radius 3 is 2.47 bits per heavy atom. The zero-order valence-corrected chi connectivity index (χ0v) is 9.42. The fourth-order valence-electron chi connectivity index (χ4n) is 2.05. The molecule has 15 heavy (non-hydrogen) atoms. The number of carbonyl (C=O) groups excluding carboxylic acids is 1. The first kappa shape index (κ1) is 10.9. The summed E-state index contributed by atoms with van der Waals surface area (Å²) in [6.45, 7) is 1.61. The third-order valence-corrected chi connectivity index (χ3v) is 4.62. The highest BCUT2D eigenvalue weighted by Gasteiger charge is 2.30. The second-order valence-electron chi connectivity index (χ2n) is 4.13. The van der Waals surface area contributed by atoms with Crippen LogP contribution in [-0.4, -0.2) is 56.4 Å². The van der Waals surface area contributed by atoms with Crippen LogP contribution in [-0.2, 0) is 14.6 Å². The summed E-state index contributed by atoms with van der Waals surface area (Å²) in [5.41, 5.74) is 0. The van der Waals surface area contributed by atoms with Gasteiger partial charge in [-0.1, -0.05) is 0 Å². The summed E-state index contributed by atoms with van der Waals surface area (Å²) in [5.74, 6) is 0.305. The lowest BCUT2D eigenvalue weighted by atomic mass is 10.2. The minimum atomic E-state index is -2.89. The Hall–Kier alpha value is -0.620. The monoisotopic (exact) mass is 232 g/mol. The van der Waals surface area contributed by atoms with E-state index in [2.05, 4.69) is 5.32 Å². The highest BCUT2D eigenvalue weighted by Crippen LogP contribution is 2.11. The van der Waals surface area contributed by atoms with Gasteiger partial charge in [0, 0.05) is 13.1 Å². The van der Waals surface area contributed by atoms with Gasteiger partial charge < -0.3 is 10.2 Å². The molecule has 2 aliphatic heterocycles. The van der Waals surface area contributed by atoms with Crippen molar-refractivity contribution >= 4 is 15.7 Å². The second kappa shape index (κ2) is 4.09. The Kier molecular flexibility index (Phi) is 2.97. The van der Waals surface area contributed by atoms with Crippen molar-refractivity contribution in [3.8, 4) is 0 Å². The summed E-state index contributed by atoms with van der Waals surface area (Å²) in [5, 5.41) is 3.13. The van der Waals surface area contributed by atoms with Gasteiger partial charge in [-0.15, -0.1) is 0 Å². The third-order valence-electron chi connectivity index (χ3n) is 3.01. The molecule has 0 aromatic carbocycles. The van der Waals surface area contributed by atoms with E-state index in [1.807, 2.05) is 0 Å². The lowest BCUT2D eigenvalue weighted by molar-refractivity contribution is -0.132. The summed E-state index contributed by atoms with van der Waals surface area (Å²) < 4.78 is 22.4. The summed E-state index contributed by atoms with van der Waals surface area (Å²) >= 11 is 0.